The second-order valence-electron chi connectivity index (χ2n) is 10.5. The Bertz CT molecular complexity index is 767. The molecule has 0 saturated carbocycles. The van der Waals surface area contributed by atoms with Gasteiger partial charge in [-0.2, -0.15) is 0 Å². The van der Waals surface area contributed by atoms with Crippen LogP contribution in [0.5, 0.6) is 0 Å². The average Bonchev–Trinajstić information content (AvgIpc) is 3.66. The summed E-state index contributed by atoms with van der Waals surface area (Å²) >= 11 is 0. The molecule has 1 aromatic carbocycles. The lowest BCUT2D eigenvalue weighted by molar-refractivity contribution is 0.390. The van der Waals surface area contributed by atoms with Crippen molar-refractivity contribution in [1.29, 1.82) is 0 Å². The van der Waals surface area contributed by atoms with Crippen molar-refractivity contribution in [3.63, 3.8) is 0 Å². The highest BCUT2D eigenvalue weighted by Crippen LogP contribution is 2.34. The molecule has 0 spiro atoms. The minimum Gasteiger partial charge on any atom is -0.358 e. The first kappa shape index (κ1) is 26.3. The van der Waals surface area contributed by atoms with Crippen LogP contribution < -0.4 is 14.7 Å². The van der Waals surface area contributed by atoms with Crippen LogP contribution in [-0.4, -0.2) is 54.3 Å². The molecule has 0 unspecified atom stereocenters. The predicted molar refractivity (Wildman–Crippen MR) is 155 cm³/mol. The summed E-state index contributed by atoms with van der Waals surface area (Å²) in [6.45, 7) is 13.0. The van der Waals surface area contributed by atoms with Crippen molar-refractivity contribution in [2.24, 2.45) is 0 Å². The number of benzene rings is 1. The van der Waals surface area contributed by atoms with E-state index in [2.05, 4.69) is 106 Å². The third kappa shape index (κ3) is 7.14. The van der Waals surface area contributed by atoms with E-state index < -0.39 is 0 Å². The average molecular weight is 493 g/mol. The lowest BCUT2D eigenvalue weighted by atomic mass is 10.2. The molecule has 0 saturated heterocycles. The first-order chi connectivity index (χ1) is 17.7. The van der Waals surface area contributed by atoms with Gasteiger partial charge in [0.2, 0.25) is 0 Å². The third-order valence-electron chi connectivity index (χ3n) is 7.40. The zero-order chi connectivity index (χ0) is 25.2. The molecule has 3 aliphatic rings. The second-order valence-corrected chi connectivity index (χ2v) is 10.5. The van der Waals surface area contributed by atoms with Gasteiger partial charge in [-0.15, -0.1) is 0 Å². The van der Waals surface area contributed by atoms with Gasteiger partial charge in [0.1, 0.15) is 0 Å². The Morgan fingerprint density at radius 3 is 1.03 bits per heavy atom. The van der Waals surface area contributed by atoms with Crippen LogP contribution in [0.4, 0.5) is 17.1 Å². The normalized spacial score (nSPS) is 17.1. The Kier molecular flexibility index (Phi) is 9.88. The van der Waals surface area contributed by atoms with Crippen LogP contribution in [-0.2, 0) is 0 Å². The van der Waals surface area contributed by atoms with E-state index in [0.29, 0.717) is 0 Å². The molecule has 3 heterocycles. The number of hydrogen-bond acceptors (Lipinski definition) is 6. The molecule has 0 fully saturated rings. The van der Waals surface area contributed by atoms with Crippen LogP contribution >= 0.6 is 0 Å². The van der Waals surface area contributed by atoms with Crippen LogP contribution in [0, 0.1) is 0 Å². The van der Waals surface area contributed by atoms with Gasteiger partial charge in [-0.3, -0.25) is 0 Å². The van der Waals surface area contributed by atoms with Crippen LogP contribution in [0.15, 0.2) is 55.4 Å². The molecule has 0 aliphatic carbocycles. The zero-order valence-electron chi connectivity index (χ0n) is 23.0. The summed E-state index contributed by atoms with van der Waals surface area (Å²) in [6, 6.07) is 7.09. The monoisotopic (exact) mass is 492 g/mol. The molecule has 198 valence electrons. The third-order valence-corrected chi connectivity index (χ3v) is 7.40. The van der Waals surface area contributed by atoms with Crippen LogP contribution in [0.1, 0.15) is 78.6 Å². The van der Waals surface area contributed by atoms with E-state index >= 15 is 0 Å². The van der Waals surface area contributed by atoms with Gasteiger partial charge in [0.25, 0.3) is 0 Å². The fourth-order valence-corrected chi connectivity index (χ4v) is 5.10. The zero-order valence-corrected chi connectivity index (χ0v) is 23.0. The Morgan fingerprint density at radius 1 is 0.444 bits per heavy atom. The minimum absolute atomic E-state index is 0.935. The van der Waals surface area contributed by atoms with Gasteiger partial charge in [-0.05, 0) is 37.5 Å². The summed E-state index contributed by atoms with van der Waals surface area (Å²) < 4.78 is 0. The molecule has 6 nitrogen and oxygen atoms in total. The molecule has 0 amide bonds. The number of nitrogens with zero attached hydrogens (tertiary/aromatic N) is 6. The van der Waals surface area contributed by atoms with E-state index in [4.69, 9.17) is 0 Å². The fraction of sp³-hybridized carbons (Fsp3) is 0.600. The molecule has 36 heavy (non-hydrogen) atoms. The second kappa shape index (κ2) is 13.5. The topological polar surface area (TPSA) is 19.4 Å². The molecular formula is C30H48N6. The SMILES string of the molecule is CCCCCN1C=CN(c2cc(N3C=CN(CCCCC)C3)cc(N3C=CN(CCCCC)C3)c2)C1. The number of anilines is 3. The van der Waals surface area contributed by atoms with Gasteiger partial charge in [0.05, 0.1) is 20.0 Å². The maximum atomic E-state index is 2.44. The van der Waals surface area contributed by atoms with E-state index in [1.165, 1.54) is 74.8 Å². The number of rotatable bonds is 15. The maximum absolute atomic E-state index is 2.44. The highest BCUT2D eigenvalue weighted by atomic mass is 15.4. The lowest BCUT2D eigenvalue weighted by Crippen LogP contribution is -2.28. The predicted octanol–water partition coefficient (Wildman–Crippen LogP) is 6.91. The molecule has 1 aromatic rings. The Labute approximate surface area is 220 Å². The Hall–Kier alpha value is -2.76. The van der Waals surface area contributed by atoms with Crippen molar-refractivity contribution in [3.8, 4) is 0 Å². The number of hydrogen-bond donors (Lipinski definition) is 0. The molecular weight excluding hydrogens is 444 g/mol. The quantitative estimate of drug-likeness (QED) is 0.246. The van der Waals surface area contributed by atoms with Crippen LogP contribution in [0.2, 0.25) is 0 Å². The van der Waals surface area contributed by atoms with Crippen molar-refractivity contribution in [3.05, 3.63) is 55.4 Å². The molecule has 6 heteroatoms. The molecule has 0 bridgehead atoms. The first-order valence-electron chi connectivity index (χ1n) is 14.4. The summed E-state index contributed by atoms with van der Waals surface area (Å²) in [4.78, 5) is 14.5. The molecule has 3 aliphatic heterocycles. The van der Waals surface area contributed by atoms with Gasteiger partial charge in [0, 0.05) is 73.9 Å². The van der Waals surface area contributed by atoms with E-state index in [-0.39, 0.29) is 0 Å². The fourth-order valence-electron chi connectivity index (χ4n) is 5.10. The van der Waals surface area contributed by atoms with Crippen molar-refractivity contribution in [2.75, 3.05) is 54.3 Å². The van der Waals surface area contributed by atoms with Crippen molar-refractivity contribution >= 4 is 17.1 Å². The summed E-state index contributed by atoms with van der Waals surface area (Å²) in [5.74, 6) is 0. The lowest BCUT2D eigenvalue weighted by Gasteiger charge is -2.28. The van der Waals surface area contributed by atoms with Crippen molar-refractivity contribution in [2.45, 2.75) is 78.6 Å². The van der Waals surface area contributed by atoms with E-state index in [1.807, 2.05) is 0 Å². The minimum atomic E-state index is 0.935. The first-order valence-corrected chi connectivity index (χ1v) is 14.4. The van der Waals surface area contributed by atoms with Gasteiger partial charge < -0.3 is 29.4 Å². The smallest absolute Gasteiger partial charge is 0.0941 e. The highest BCUT2D eigenvalue weighted by Gasteiger charge is 2.21. The summed E-state index contributed by atoms with van der Waals surface area (Å²) in [7, 11) is 0. The maximum Gasteiger partial charge on any atom is 0.0941 e. The summed E-state index contributed by atoms with van der Waals surface area (Å²) in [6.07, 6.45) is 25.0. The van der Waals surface area contributed by atoms with Gasteiger partial charge >= 0.3 is 0 Å². The van der Waals surface area contributed by atoms with Crippen LogP contribution in [0.25, 0.3) is 0 Å². The largest absolute Gasteiger partial charge is 0.358 e. The summed E-state index contributed by atoms with van der Waals surface area (Å²) in [5.41, 5.74) is 3.81. The standard InChI is InChI=1S/C30H48N6/c1-4-7-10-13-31-16-19-34(25-31)28-22-29(35-20-17-32(26-35)14-11-8-5-2)24-30(23-28)36-21-18-33(27-36)15-12-9-6-3/h16-24H,4-15,25-27H2,1-3H3. The molecule has 0 N–H and O–H groups in total. The summed E-state index contributed by atoms with van der Waals surface area (Å²) in [5, 5.41) is 0. The van der Waals surface area contributed by atoms with Gasteiger partial charge in [-0.1, -0.05) is 59.3 Å². The van der Waals surface area contributed by atoms with Crippen molar-refractivity contribution < 1.29 is 0 Å². The van der Waals surface area contributed by atoms with E-state index in [0.717, 1.165) is 39.6 Å². The number of unbranched alkanes of at least 4 members (excludes halogenated alkanes) is 6. The molecule has 0 aromatic heterocycles. The van der Waals surface area contributed by atoms with Gasteiger partial charge in [-0.25, -0.2) is 0 Å². The molecule has 0 atom stereocenters. The van der Waals surface area contributed by atoms with Gasteiger partial charge in [0.15, 0.2) is 0 Å². The molecule has 0 radical (unpaired) electrons. The molecule has 4 rings (SSSR count). The van der Waals surface area contributed by atoms with Crippen molar-refractivity contribution in [1.82, 2.24) is 14.7 Å². The Balaban J connectivity index is 1.47. The Morgan fingerprint density at radius 2 is 0.750 bits per heavy atom. The van der Waals surface area contributed by atoms with E-state index in [9.17, 15) is 0 Å². The van der Waals surface area contributed by atoms with Crippen LogP contribution in [0.3, 0.4) is 0 Å². The van der Waals surface area contributed by atoms with E-state index in [1.54, 1.807) is 0 Å². The highest BCUT2D eigenvalue weighted by molar-refractivity contribution is 5.72.